The summed E-state index contributed by atoms with van der Waals surface area (Å²) in [6, 6.07) is 0. The van der Waals surface area contributed by atoms with Crippen molar-refractivity contribution >= 4 is 139 Å². The summed E-state index contributed by atoms with van der Waals surface area (Å²) in [6.07, 6.45) is 0. The molecule has 0 aromatic heterocycles. The molecule has 1 saturated carbocycles. The Balaban J connectivity index is 3.72. The molecule has 0 unspecified atom stereocenters. The van der Waals surface area contributed by atoms with Gasteiger partial charge in [0.25, 0.3) is 0 Å². The van der Waals surface area contributed by atoms with E-state index in [0.717, 1.165) is 0 Å². The Hall–Kier alpha value is 3.48. The first-order chi connectivity index (χ1) is 7.50. The minimum Gasteiger partial charge on any atom is -0.0946 e. The fraction of sp³-hybridized carbons (Fsp3) is 1.00. The summed E-state index contributed by atoms with van der Waals surface area (Å²) in [5.41, 5.74) is 0. The van der Waals surface area contributed by atoms with Gasteiger partial charge in [-0.25, -0.2) is 0 Å². The van der Waals surface area contributed by atoms with Gasteiger partial charge in [-0.05, 0) is 0 Å². The van der Waals surface area contributed by atoms with Crippen LogP contribution >= 0.6 is 139 Å². The molecule has 0 N–H and O–H groups in total. The first-order valence-electron chi connectivity index (χ1n) is 3.77. The highest BCUT2D eigenvalue weighted by Crippen LogP contribution is 2.77. The van der Waals surface area contributed by atoms with Gasteiger partial charge >= 0.3 is 0 Å². The molecule has 1 fully saturated rings. The van der Waals surface area contributed by atoms with E-state index in [9.17, 15) is 0 Å². The van der Waals surface area contributed by atoms with E-state index < -0.39 is 26.0 Å². The fourth-order valence-corrected chi connectivity index (χ4v) is 5.75. The van der Waals surface area contributed by atoms with Crippen LogP contribution in [-0.2, 0) is 0 Å². The minimum absolute atomic E-state index is 2.40. The molecule has 1 aliphatic carbocycles. The maximum Gasteiger partial charge on any atom is 0.189 e. The Bertz CT molecular complexity index is 248. The lowest BCUT2D eigenvalue weighted by atomic mass is 9.93. The zero-order valence-electron chi connectivity index (χ0n) is 7.54. The summed E-state index contributed by atoms with van der Waals surface area (Å²) in [4.78, 5) is 0. The van der Waals surface area contributed by atoms with Gasteiger partial charge in [0.1, 0.15) is 0 Å². The van der Waals surface area contributed by atoms with Crippen LogP contribution in [0.2, 0.25) is 0 Å². The third kappa shape index (κ3) is 2.01. The smallest absolute Gasteiger partial charge is 0.0946 e. The van der Waals surface area contributed by atoms with Crippen molar-refractivity contribution in [1.82, 2.24) is 0 Å². The van der Waals surface area contributed by atoms with Crippen molar-refractivity contribution in [2.75, 3.05) is 0 Å². The van der Waals surface area contributed by atoms with E-state index in [2.05, 4.69) is 0 Å². The SMILES string of the molecule is ClC1(Cl)C(Cl)(Cl)C(Cl)(Cl)C(Cl)(Cl)C(Cl)(Cl)C1(Cl)Cl. The topological polar surface area (TPSA) is 0 Å². The van der Waals surface area contributed by atoms with Gasteiger partial charge in [0.2, 0.25) is 0 Å². The Kier molecular flexibility index (Phi) is 5.41. The van der Waals surface area contributed by atoms with Crippen LogP contribution in [-0.4, -0.2) is 26.0 Å². The first kappa shape index (κ1) is 19.5. The maximum atomic E-state index is 5.93. The molecule has 12 heteroatoms. The van der Waals surface area contributed by atoms with E-state index in [1.807, 2.05) is 0 Å². The lowest BCUT2D eigenvalue weighted by Gasteiger charge is -2.61. The van der Waals surface area contributed by atoms with Gasteiger partial charge in [0.15, 0.2) is 26.0 Å². The second-order valence-corrected chi connectivity index (χ2v) is 11.4. The summed E-state index contributed by atoms with van der Waals surface area (Å²) in [5, 5.41) is 0. The highest BCUT2D eigenvalue weighted by Gasteiger charge is 2.88. The van der Waals surface area contributed by atoms with E-state index in [1.54, 1.807) is 0 Å². The van der Waals surface area contributed by atoms with Crippen molar-refractivity contribution in [1.29, 1.82) is 0 Å². The van der Waals surface area contributed by atoms with Crippen LogP contribution in [0.25, 0.3) is 0 Å². The standard InChI is InChI=1S/C6Cl12/c7-1(8)2(9,10)4(13,14)6(17,18)5(15,16)3(1,11)12. The van der Waals surface area contributed by atoms with Gasteiger partial charge in [-0.1, -0.05) is 139 Å². The van der Waals surface area contributed by atoms with Crippen molar-refractivity contribution in [3.8, 4) is 0 Å². The molecule has 18 heavy (non-hydrogen) atoms. The lowest BCUT2D eigenvalue weighted by Crippen LogP contribution is -2.78. The van der Waals surface area contributed by atoms with Crippen LogP contribution in [0.15, 0.2) is 0 Å². The van der Waals surface area contributed by atoms with Crippen LogP contribution in [0.3, 0.4) is 0 Å². The molecule has 0 aromatic carbocycles. The summed E-state index contributed by atoms with van der Waals surface area (Å²) < 4.78 is -14.4. The van der Waals surface area contributed by atoms with E-state index >= 15 is 0 Å². The number of halogens is 12. The minimum atomic E-state index is -2.40. The molecular formula is C6Cl12. The normalized spacial score (nSPS) is 34.0. The molecule has 0 bridgehead atoms. The molecule has 0 spiro atoms. The zero-order chi connectivity index (χ0) is 15.0. The van der Waals surface area contributed by atoms with Gasteiger partial charge in [0, 0.05) is 0 Å². The molecule has 1 aliphatic rings. The molecular weight excluding hydrogens is 498 g/mol. The second-order valence-electron chi connectivity index (χ2n) is 3.45. The van der Waals surface area contributed by atoms with Crippen LogP contribution in [0, 0.1) is 0 Å². The van der Waals surface area contributed by atoms with Gasteiger partial charge in [-0.2, -0.15) is 0 Å². The highest BCUT2D eigenvalue weighted by atomic mass is 35.6. The summed E-state index contributed by atoms with van der Waals surface area (Å²) in [7, 11) is 0. The third-order valence-corrected chi connectivity index (χ3v) is 11.5. The monoisotopic (exact) mass is 492 g/mol. The number of hydrogen-bond donors (Lipinski definition) is 0. The predicted molar refractivity (Wildman–Crippen MR) is 86.6 cm³/mol. The number of rotatable bonds is 0. The van der Waals surface area contributed by atoms with Gasteiger partial charge in [0.05, 0.1) is 0 Å². The highest BCUT2D eigenvalue weighted by molar-refractivity contribution is 6.83. The van der Waals surface area contributed by atoms with Crippen LogP contribution in [0.5, 0.6) is 0 Å². The summed E-state index contributed by atoms with van der Waals surface area (Å²) >= 11 is 71.2. The first-order valence-corrected chi connectivity index (χ1v) is 8.30. The maximum absolute atomic E-state index is 5.93. The quantitative estimate of drug-likeness (QED) is 0.315. The van der Waals surface area contributed by atoms with E-state index in [-0.39, 0.29) is 0 Å². The van der Waals surface area contributed by atoms with Crippen molar-refractivity contribution in [2.45, 2.75) is 26.0 Å². The van der Waals surface area contributed by atoms with E-state index in [4.69, 9.17) is 139 Å². The molecule has 0 aliphatic heterocycles. The van der Waals surface area contributed by atoms with Crippen molar-refractivity contribution < 1.29 is 0 Å². The molecule has 0 aromatic rings. The van der Waals surface area contributed by atoms with Crippen LogP contribution in [0.1, 0.15) is 0 Å². The van der Waals surface area contributed by atoms with E-state index in [0.29, 0.717) is 0 Å². The molecule has 0 heterocycles. The average molecular weight is 498 g/mol. The van der Waals surface area contributed by atoms with Crippen LogP contribution in [0.4, 0.5) is 0 Å². The van der Waals surface area contributed by atoms with E-state index in [1.165, 1.54) is 0 Å². The fourth-order valence-electron chi connectivity index (χ4n) is 1.18. The Labute approximate surface area is 163 Å². The molecule has 0 saturated heterocycles. The summed E-state index contributed by atoms with van der Waals surface area (Å²) in [6.45, 7) is 0. The van der Waals surface area contributed by atoms with Gasteiger partial charge in [-0.15, -0.1) is 0 Å². The number of alkyl halides is 12. The van der Waals surface area contributed by atoms with Gasteiger partial charge < -0.3 is 0 Å². The molecule has 0 atom stereocenters. The van der Waals surface area contributed by atoms with Crippen LogP contribution < -0.4 is 0 Å². The molecule has 108 valence electrons. The predicted octanol–water partition coefficient (Wildman–Crippen LogP) is 7.04. The second kappa shape index (κ2) is 4.99. The number of hydrogen-bond acceptors (Lipinski definition) is 0. The van der Waals surface area contributed by atoms with Crippen molar-refractivity contribution in [2.24, 2.45) is 0 Å². The average Bonchev–Trinajstić information content (AvgIpc) is 2.14. The van der Waals surface area contributed by atoms with Crippen molar-refractivity contribution in [3.05, 3.63) is 0 Å². The molecule has 0 amide bonds. The molecule has 0 radical (unpaired) electrons. The summed E-state index contributed by atoms with van der Waals surface area (Å²) in [5.74, 6) is 0. The van der Waals surface area contributed by atoms with Crippen molar-refractivity contribution in [3.63, 3.8) is 0 Å². The Morgan fingerprint density at radius 3 is 0.333 bits per heavy atom. The Morgan fingerprint density at radius 2 is 0.278 bits per heavy atom. The molecule has 0 nitrogen and oxygen atoms in total. The zero-order valence-corrected chi connectivity index (χ0v) is 16.6. The molecule has 1 rings (SSSR count). The largest absolute Gasteiger partial charge is 0.189 e. The Morgan fingerprint density at radius 1 is 0.222 bits per heavy atom. The third-order valence-electron chi connectivity index (χ3n) is 2.37. The lowest BCUT2D eigenvalue weighted by molar-refractivity contribution is 0.368. The van der Waals surface area contributed by atoms with Gasteiger partial charge in [-0.3, -0.25) is 0 Å².